The van der Waals surface area contributed by atoms with Crippen molar-refractivity contribution in [3.05, 3.63) is 17.8 Å². The normalized spacial score (nSPS) is 10.0. The van der Waals surface area contributed by atoms with Crippen LogP contribution in [0.25, 0.3) is 0 Å². The Kier molecular flexibility index (Phi) is 4.05. The first kappa shape index (κ1) is 11.5. The first-order valence-electron chi connectivity index (χ1n) is 4.64. The zero-order valence-corrected chi connectivity index (χ0v) is 8.91. The number of anilines is 2. The van der Waals surface area contributed by atoms with Gasteiger partial charge in [0.1, 0.15) is 5.82 Å². The van der Waals surface area contributed by atoms with Crippen LogP contribution in [-0.4, -0.2) is 24.6 Å². The van der Waals surface area contributed by atoms with E-state index >= 15 is 0 Å². The van der Waals surface area contributed by atoms with Crippen molar-refractivity contribution >= 4 is 17.4 Å². The van der Waals surface area contributed by atoms with Gasteiger partial charge in [-0.15, -0.1) is 0 Å². The molecule has 0 aliphatic heterocycles. The van der Waals surface area contributed by atoms with Crippen molar-refractivity contribution in [2.45, 2.75) is 13.3 Å². The highest BCUT2D eigenvalue weighted by Gasteiger charge is 2.03. The molecule has 0 saturated heterocycles. The molecule has 0 fully saturated rings. The lowest BCUT2D eigenvalue weighted by molar-refractivity contribution is -0.117. The lowest BCUT2D eigenvalue weighted by Gasteiger charge is -2.05. The fourth-order valence-electron chi connectivity index (χ4n) is 1.04. The molecule has 5 heteroatoms. The minimum atomic E-state index is -0.117. The van der Waals surface area contributed by atoms with E-state index in [1.807, 2.05) is 6.92 Å². The molecule has 0 radical (unpaired) electrons. The van der Waals surface area contributed by atoms with E-state index in [2.05, 4.69) is 10.3 Å². The summed E-state index contributed by atoms with van der Waals surface area (Å²) in [5.41, 5.74) is 7.12. The van der Waals surface area contributed by atoms with Crippen LogP contribution in [0.3, 0.4) is 0 Å². The minimum absolute atomic E-state index is 0.117. The fourth-order valence-corrected chi connectivity index (χ4v) is 1.04. The number of carbonyl (C=O) groups excluding carboxylic acids is 1. The van der Waals surface area contributed by atoms with Crippen molar-refractivity contribution in [1.29, 1.82) is 0 Å². The third kappa shape index (κ3) is 3.55. The van der Waals surface area contributed by atoms with Gasteiger partial charge in [-0.2, -0.15) is 0 Å². The number of nitrogens with two attached hydrogens (primary N) is 1. The van der Waals surface area contributed by atoms with Crippen molar-refractivity contribution in [2.75, 3.05) is 24.8 Å². The number of pyridine rings is 1. The van der Waals surface area contributed by atoms with Crippen LogP contribution in [-0.2, 0) is 9.53 Å². The predicted octanol–water partition coefficient (Wildman–Crippen LogP) is 0.947. The van der Waals surface area contributed by atoms with Crippen LogP contribution in [0.4, 0.5) is 11.5 Å². The van der Waals surface area contributed by atoms with Gasteiger partial charge in [-0.3, -0.25) is 4.79 Å². The van der Waals surface area contributed by atoms with Crippen LogP contribution in [0.5, 0.6) is 0 Å². The van der Waals surface area contributed by atoms with Crippen molar-refractivity contribution < 1.29 is 9.53 Å². The highest BCUT2D eigenvalue weighted by molar-refractivity contribution is 5.90. The molecule has 1 amide bonds. The number of aromatic nitrogens is 1. The molecule has 15 heavy (non-hydrogen) atoms. The number of aryl methyl sites for hydroxylation is 1. The molecule has 1 heterocycles. The summed E-state index contributed by atoms with van der Waals surface area (Å²) in [6.07, 6.45) is 1.85. The maximum atomic E-state index is 11.3. The van der Waals surface area contributed by atoms with Gasteiger partial charge in [0.2, 0.25) is 5.91 Å². The number of ether oxygens (including phenoxy) is 1. The molecule has 1 rings (SSSR count). The second kappa shape index (κ2) is 5.31. The molecular formula is C10H15N3O2. The van der Waals surface area contributed by atoms with E-state index in [0.717, 1.165) is 5.56 Å². The summed E-state index contributed by atoms with van der Waals surface area (Å²) in [5, 5.41) is 2.66. The monoisotopic (exact) mass is 209 g/mol. The van der Waals surface area contributed by atoms with Crippen molar-refractivity contribution in [3.63, 3.8) is 0 Å². The highest BCUT2D eigenvalue weighted by atomic mass is 16.5. The summed E-state index contributed by atoms with van der Waals surface area (Å²) < 4.78 is 4.79. The zero-order chi connectivity index (χ0) is 11.3. The van der Waals surface area contributed by atoms with Gasteiger partial charge in [0.15, 0.2) is 0 Å². The number of nitrogen functional groups attached to an aromatic ring is 1. The number of nitrogens with one attached hydrogen (secondary N) is 1. The van der Waals surface area contributed by atoms with Crippen LogP contribution in [0.15, 0.2) is 12.3 Å². The Morgan fingerprint density at radius 1 is 1.67 bits per heavy atom. The largest absolute Gasteiger partial charge is 0.397 e. The van der Waals surface area contributed by atoms with Crippen LogP contribution < -0.4 is 11.1 Å². The molecular weight excluding hydrogens is 194 g/mol. The van der Waals surface area contributed by atoms with Gasteiger partial charge in [-0.05, 0) is 18.6 Å². The Morgan fingerprint density at radius 2 is 2.40 bits per heavy atom. The number of amides is 1. The van der Waals surface area contributed by atoms with Crippen LogP contribution in [0.1, 0.15) is 12.0 Å². The molecule has 82 valence electrons. The molecule has 0 aliphatic carbocycles. The van der Waals surface area contributed by atoms with Gasteiger partial charge < -0.3 is 15.8 Å². The van der Waals surface area contributed by atoms with Gasteiger partial charge in [-0.25, -0.2) is 4.98 Å². The Labute approximate surface area is 88.6 Å². The maximum absolute atomic E-state index is 11.3. The molecule has 5 nitrogen and oxygen atoms in total. The summed E-state index contributed by atoms with van der Waals surface area (Å²) in [6.45, 7) is 2.27. The van der Waals surface area contributed by atoms with E-state index in [4.69, 9.17) is 10.5 Å². The number of rotatable bonds is 4. The number of nitrogens with zero attached hydrogens (tertiary/aromatic N) is 1. The first-order valence-corrected chi connectivity index (χ1v) is 4.64. The molecule has 0 saturated carbocycles. The van der Waals surface area contributed by atoms with E-state index in [0.29, 0.717) is 24.5 Å². The average molecular weight is 209 g/mol. The summed E-state index contributed by atoms with van der Waals surface area (Å²) in [6, 6.07) is 1.74. The average Bonchev–Trinajstić information content (AvgIpc) is 2.20. The summed E-state index contributed by atoms with van der Waals surface area (Å²) in [7, 11) is 1.55. The van der Waals surface area contributed by atoms with Gasteiger partial charge in [0, 0.05) is 7.11 Å². The quantitative estimate of drug-likeness (QED) is 0.773. The van der Waals surface area contributed by atoms with E-state index in [9.17, 15) is 4.79 Å². The second-order valence-corrected chi connectivity index (χ2v) is 3.22. The van der Waals surface area contributed by atoms with Crippen LogP contribution >= 0.6 is 0 Å². The lowest BCUT2D eigenvalue weighted by Crippen LogP contribution is -2.14. The predicted molar refractivity (Wildman–Crippen MR) is 58.5 cm³/mol. The second-order valence-electron chi connectivity index (χ2n) is 3.22. The Morgan fingerprint density at radius 3 is 3.00 bits per heavy atom. The third-order valence-corrected chi connectivity index (χ3v) is 1.95. The molecule has 0 atom stereocenters. The van der Waals surface area contributed by atoms with Crippen LogP contribution in [0.2, 0.25) is 0 Å². The van der Waals surface area contributed by atoms with E-state index in [1.54, 1.807) is 13.2 Å². The molecule has 1 aromatic heterocycles. The van der Waals surface area contributed by atoms with E-state index in [1.165, 1.54) is 6.20 Å². The molecule has 0 aliphatic rings. The number of carbonyl (C=O) groups is 1. The van der Waals surface area contributed by atoms with Gasteiger partial charge >= 0.3 is 0 Å². The molecule has 0 unspecified atom stereocenters. The summed E-state index contributed by atoms with van der Waals surface area (Å²) in [4.78, 5) is 15.3. The molecule has 0 aromatic carbocycles. The lowest BCUT2D eigenvalue weighted by atomic mass is 10.2. The molecule has 0 bridgehead atoms. The van der Waals surface area contributed by atoms with E-state index < -0.39 is 0 Å². The number of hydrogen-bond acceptors (Lipinski definition) is 4. The third-order valence-electron chi connectivity index (χ3n) is 1.95. The maximum Gasteiger partial charge on any atom is 0.227 e. The number of hydrogen-bond donors (Lipinski definition) is 2. The molecule has 0 spiro atoms. The van der Waals surface area contributed by atoms with Gasteiger partial charge in [-0.1, -0.05) is 0 Å². The minimum Gasteiger partial charge on any atom is -0.397 e. The fraction of sp³-hybridized carbons (Fsp3) is 0.400. The smallest absolute Gasteiger partial charge is 0.227 e. The highest BCUT2D eigenvalue weighted by Crippen LogP contribution is 2.12. The summed E-state index contributed by atoms with van der Waals surface area (Å²) in [5.74, 6) is 0.399. The summed E-state index contributed by atoms with van der Waals surface area (Å²) >= 11 is 0. The molecule has 3 N–H and O–H groups in total. The molecule has 1 aromatic rings. The zero-order valence-electron chi connectivity index (χ0n) is 8.91. The Bertz CT molecular complexity index is 353. The first-order chi connectivity index (χ1) is 7.13. The Balaban J connectivity index is 2.57. The van der Waals surface area contributed by atoms with E-state index in [-0.39, 0.29) is 5.91 Å². The Hall–Kier alpha value is -1.62. The van der Waals surface area contributed by atoms with Crippen molar-refractivity contribution in [3.8, 4) is 0 Å². The van der Waals surface area contributed by atoms with Crippen molar-refractivity contribution in [1.82, 2.24) is 4.98 Å². The van der Waals surface area contributed by atoms with Gasteiger partial charge in [0.25, 0.3) is 0 Å². The van der Waals surface area contributed by atoms with Crippen LogP contribution in [0, 0.1) is 6.92 Å². The number of methoxy groups -OCH3 is 1. The SMILES string of the molecule is COCCC(=O)Nc1cc(C)c(N)cn1. The standard InChI is InChI=1S/C10H15N3O2/c1-7-5-9(12-6-8(7)11)13-10(14)3-4-15-2/h5-6H,3-4,11H2,1-2H3,(H,12,13,14). The topological polar surface area (TPSA) is 77.2 Å². The van der Waals surface area contributed by atoms with Gasteiger partial charge in [0.05, 0.1) is 24.9 Å². The van der Waals surface area contributed by atoms with Crippen molar-refractivity contribution in [2.24, 2.45) is 0 Å².